The van der Waals surface area contributed by atoms with Crippen molar-refractivity contribution in [3.8, 4) is 16.9 Å². The Morgan fingerprint density at radius 2 is 1.58 bits per heavy atom. The number of carbonyl (C=O) groups excluding carboxylic acids is 2. The third-order valence-corrected chi connectivity index (χ3v) is 5.48. The number of carbonyl (C=O) groups is 2. The Morgan fingerprint density at radius 3 is 2.33 bits per heavy atom. The molecule has 166 valence electrons. The van der Waals surface area contributed by atoms with Crippen molar-refractivity contribution >= 4 is 17.5 Å². The molecule has 0 saturated heterocycles. The van der Waals surface area contributed by atoms with E-state index >= 15 is 0 Å². The van der Waals surface area contributed by atoms with Crippen LogP contribution in [0.15, 0.2) is 91.1 Å². The fourth-order valence-electron chi connectivity index (χ4n) is 3.74. The zero-order chi connectivity index (χ0) is 23.2. The van der Waals surface area contributed by atoms with Gasteiger partial charge in [-0.05, 0) is 56.3 Å². The highest BCUT2D eigenvalue weighted by atomic mass is 16.2. The summed E-state index contributed by atoms with van der Waals surface area (Å²) in [5.41, 5.74) is 4.40. The van der Waals surface area contributed by atoms with Crippen LogP contribution in [0.25, 0.3) is 16.9 Å². The van der Waals surface area contributed by atoms with Crippen LogP contribution in [0.1, 0.15) is 34.6 Å². The van der Waals surface area contributed by atoms with Gasteiger partial charge in [-0.25, -0.2) is 4.68 Å². The van der Waals surface area contributed by atoms with Crippen LogP contribution in [0.2, 0.25) is 0 Å². The second-order valence-electron chi connectivity index (χ2n) is 7.56. The van der Waals surface area contributed by atoms with Crippen molar-refractivity contribution in [2.24, 2.45) is 0 Å². The van der Waals surface area contributed by atoms with Gasteiger partial charge in [0, 0.05) is 35.5 Å². The molecule has 0 saturated carbocycles. The molecule has 6 heteroatoms. The number of benzene rings is 3. The number of nitrogens with zero attached hydrogens (tertiary/aromatic N) is 3. The van der Waals surface area contributed by atoms with E-state index in [0.717, 1.165) is 16.9 Å². The Morgan fingerprint density at radius 1 is 0.848 bits per heavy atom. The molecule has 0 aliphatic carbocycles. The predicted octanol–water partition coefficient (Wildman–Crippen LogP) is 5.27. The first-order chi connectivity index (χ1) is 16.1. The third-order valence-electron chi connectivity index (χ3n) is 5.48. The monoisotopic (exact) mass is 438 g/mol. The number of anilines is 1. The molecule has 4 rings (SSSR count). The number of hydrogen-bond donors (Lipinski definition) is 1. The fourth-order valence-corrected chi connectivity index (χ4v) is 3.74. The zero-order valence-electron chi connectivity index (χ0n) is 18.7. The van der Waals surface area contributed by atoms with E-state index < -0.39 is 0 Å². The minimum Gasteiger partial charge on any atom is -0.339 e. The summed E-state index contributed by atoms with van der Waals surface area (Å²) in [6, 6.07) is 26.3. The summed E-state index contributed by atoms with van der Waals surface area (Å²) in [5.74, 6) is -0.303. The molecule has 4 aromatic rings. The number of rotatable bonds is 7. The van der Waals surface area contributed by atoms with Crippen molar-refractivity contribution < 1.29 is 9.59 Å². The minimum absolute atomic E-state index is 0.0507. The van der Waals surface area contributed by atoms with E-state index in [0.29, 0.717) is 29.9 Å². The van der Waals surface area contributed by atoms with Crippen LogP contribution in [0, 0.1) is 0 Å². The highest BCUT2D eigenvalue weighted by Crippen LogP contribution is 2.23. The van der Waals surface area contributed by atoms with Gasteiger partial charge in [0.2, 0.25) is 0 Å². The summed E-state index contributed by atoms with van der Waals surface area (Å²) in [7, 11) is 0. The summed E-state index contributed by atoms with van der Waals surface area (Å²) in [6.45, 7) is 5.17. The average Bonchev–Trinajstić information content (AvgIpc) is 3.36. The normalized spacial score (nSPS) is 10.6. The largest absolute Gasteiger partial charge is 0.339 e. The smallest absolute Gasteiger partial charge is 0.255 e. The van der Waals surface area contributed by atoms with Gasteiger partial charge in [-0.1, -0.05) is 42.5 Å². The van der Waals surface area contributed by atoms with Crippen LogP contribution in [0.4, 0.5) is 5.69 Å². The lowest BCUT2D eigenvalue weighted by Gasteiger charge is -2.19. The Hall–Kier alpha value is -4.19. The Balaban J connectivity index is 1.56. The first-order valence-corrected chi connectivity index (χ1v) is 11.0. The third kappa shape index (κ3) is 4.85. The SMILES string of the molecule is CCN(CC)C(=O)c1cccc(NC(=O)c2cccc(-n3nccc3-c3ccccc3)c2)c1. The van der Waals surface area contributed by atoms with Gasteiger partial charge in [-0.2, -0.15) is 5.10 Å². The summed E-state index contributed by atoms with van der Waals surface area (Å²) in [5, 5.41) is 7.36. The van der Waals surface area contributed by atoms with E-state index in [1.807, 2.05) is 67.1 Å². The van der Waals surface area contributed by atoms with Crippen LogP contribution < -0.4 is 5.32 Å². The molecule has 1 heterocycles. The Kier molecular flexibility index (Phi) is 6.64. The maximum atomic E-state index is 13.0. The van der Waals surface area contributed by atoms with Gasteiger partial charge in [-0.15, -0.1) is 0 Å². The predicted molar refractivity (Wildman–Crippen MR) is 131 cm³/mol. The van der Waals surface area contributed by atoms with Gasteiger partial charge in [0.15, 0.2) is 0 Å². The van der Waals surface area contributed by atoms with E-state index in [1.54, 1.807) is 47.5 Å². The minimum atomic E-state index is -0.252. The van der Waals surface area contributed by atoms with Crippen molar-refractivity contribution in [3.05, 3.63) is 102 Å². The van der Waals surface area contributed by atoms with Crippen LogP contribution in [0.5, 0.6) is 0 Å². The van der Waals surface area contributed by atoms with E-state index in [4.69, 9.17) is 0 Å². The number of hydrogen-bond acceptors (Lipinski definition) is 3. The summed E-state index contributed by atoms with van der Waals surface area (Å²) < 4.78 is 1.81. The first-order valence-electron chi connectivity index (χ1n) is 11.0. The van der Waals surface area contributed by atoms with Gasteiger partial charge in [0.1, 0.15) is 0 Å². The highest BCUT2D eigenvalue weighted by Gasteiger charge is 2.14. The van der Waals surface area contributed by atoms with Crippen LogP contribution in [-0.4, -0.2) is 39.6 Å². The average molecular weight is 439 g/mol. The summed E-state index contributed by atoms with van der Waals surface area (Å²) in [4.78, 5) is 27.4. The van der Waals surface area contributed by atoms with Gasteiger partial charge in [-0.3, -0.25) is 9.59 Å². The van der Waals surface area contributed by atoms with Crippen molar-refractivity contribution in [2.75, 3.05) is 18.4 Å². The Labute approximate surface area is 193 Å². The van der Waals surface area contributed by atoms with Gasteiger partial charge >= 0.3 is 0 Å². The van der Waals surface area contributed by atoms with E-state index in [-0.39, 0.29) is 11.8 Å². The molecule has 0 fully saturated rings. The molecule has 2 amide bonds. The lowest BCUT2D eigenvalue weighted by molar-refractivity contribution is 0.0772. The van der Waals surface area contributed by atoms with Gasteiger partial charge < -0.3 is 10.2 Å². The van der Waals surface area contributed by atoms with Crippen molar-refractivity contribution in [1.82, 2.24) is 14.7 Å². The number of nitrogens with one attached hydrogen (secondary N) is 1. The molecule has 0 bridgehead atoms. The van der Waals surface area contributed by atoms with Crippen molar-refractivity contribution in [2.45, 2.75) is 13.8 Å². The van der Waals surface area contributed by atoms with Gasteiger partial charge in [0.05, 0.1) is 17.6 Å². The fraction of sp³-hybridized carbons (Fsp3) is 0.148. The molecule has 0 radical (unpaired) electrons. The second kappa shape index (κ2) is 9.96. The lowest BCUT2D eigenvalue weighted by atomic mass is 10.1. The van der Waals surface area contributed by atoms with Crippen LogP contribution >= 0.6 is 0 Å². The van der Waals surface area contributed by atoms with Crippen LogP contribution in [-0.2, 0) is 0 Å². The maximum absolute atomic E-state index is 13.0. The van der Waals surface area contributed by atoms with E-state index in [1.165, 1.54) is 0 Å². The van der Waals surface area contributed by atoms with Crippen molar-refractivity contribution in [1.29, 1.82) is 0 Å². The molecular formula is C27H26N4O2. The van der Waals surface area contributed by atoms with Crippen molar-refractivity contribution in [3.63, 3.8) is 0 Å². The summed E-state index contributed by atoms with van der Waals surface area (Å²) in [6.07, 6.45) is 1.74. The standard InChI is InChI=1S/C27H26N4O2/c1-3-30(4-2)27(33)22-13-8-14-23(18-22)29-26(32)21-12-9-15-24(19-21)31-25(16-17-28-31)20-10-6-5-7-11-20/h5-19H,3-4H2,1-2H3,(H,29,32). The van der Waals surface area contributed by atoms with Gasteiger partial charge in [0.25, 0.3) is 11.8 Å². The zero-order valence-corrected chi connectivity index (χ0v) is 18.7. The maximum Gasteiger partial charge on any atom is 0.255 e. The van der Waals surface area contributed by atoms with E-state index in [2.05, 4.69) is 10.4 Å². The number of aromatic nitrogens is 2. The summed E-state index contributed by atoms with van der Waals surface area (Å²) >= 11 is 0. The second-order valence-corrected chi connectivity index (χ2v) is 7.56. The molecule has 33 heavy (non-hydrogen) atoms. The molecular weight excluding hydrogens is 412 g/mol. The molecule has 0 aliphatic heterocycles. The highest BCUT2D eigenvalue weighted by molar-refractivity contribution is 6.05. The lowest BCUT2D eigenvalue weighted by Crippen LogP contribution is -2.30. The van der Waals surface area contributed by atoms with E-state index in [9.17, 15) is 9.59 Å². The molecule has 1 N–H and O–H groups in total. The topological polar surface area (TPSA) is 67.2 Å². The molecule has 0 aliphatic rings. The molecule has 0 unspecified atom stereocenters. The molecule has 3 aromatic carbocycles. The molecule has 0 spiro atoms. The molecule has 1 aromatic heterocycles. The molecule has 6 nitrogen and oxygen atoms in total. The van der Waals surface area contributed by atoms with Crippen LogP contribution in [0.3, 0.4) is 0 Å². The molecule has 0 atom stereocenters. The number of amides is 2. The Bertz CT molecular complexity index is 1260. The quantitative estimate of drug-likeness (QED) is 0.427. The first kappa shape index (κ1) is 22.0.